The van der Waals surface area contributed by atoms with E-state index in [4.69, 9.17) is 33.0 Å². The summed E-state index contributed by atoms with van der Waals surface area (Å²) in [7, 11) is 0. The Morgan fingerprint density at radius 1 is 1.34 bits per heavy atom. The van der Waals surface area contributed by atoms with Gasteiger partial charge in [0.2, 0.25) is 6.10 Å². The second-order valence-corrected chi connectivity index (χ2v) is 11.8. The first-order valence-corrected chi connectivity index (χ1v) is 14.6. The molecule has 1 fully saturated rings. The monoisotopic (exact) mass is 626 g/mol. The highest BCUT2D eigenvalue weighted by molar-refractivity contribution is 8.14. The minimum absolute atomic E-state index is 0.0120. The maximum atomic E-state index is 13.1. The van der Waals surface area contributed by atoms with Crippen molar-refractivity contribution < 1.29 is 34.2 Å². The molecule has 0 spiro atoms. The lowest BCUT2D eigenvalue weighted by Crippen LogP contribution is -2.71. The van der Waals surface area contributed by atoms with Crippen molar-refractivity contribution in [1.29, 1.82) is 0 Å². The molecule has 17 nitrogen and oxygen atoms in total. The van der Waals surface area contributed by atoms with Gasteiger partial charge in [-0.25, -0.2) is 25.4 Å². The van der Waals surface area contributed by atoms with Gasteiger partial charge in [-0.2, -0.15) is 0 Å². The van der Waals surface area contributed by atoms with Crippen LogP contribution in [0.1, 0.15) is 19.5 Å². The number of carbonyl (C=O) groups is 4. The molecule has 4 rings (SSSR count). The van der Waals surface area contributed by atoms with E-state index in [1.165, 1.54) is 29.1 Å². The predicted molar refractivity (Wildman–Crippen MR) is 152 cm³/mol. The Kier molecular flexibility index (Phi) is 8.77. The number of amides is 2. The second-order valence-electron chi connectivity index (χ2n) is 8.82. The molecule has 4 heterocycles. The number of aliphatic imine (C=N–C) groups is 1. The van der Waals surface area contributed by atoms with Crippen molar-refractivity contribution in [3.05, 3.63) is 33.7 Å². The number of carbonyl (C=O) groups excluding carboxylic acids is 2. The molecule has 11 N–H and O–H groups in total. The van der Waals surface area contributed by atoms with Crippen LogP contribution in [-0.4, -0.2) is 94.9 Å². The summed E-state index contributed by atoms with van der Waals surface area (Å²) >= 11 is 3.38. The summed E-state index contributed by atoms with van der Waals surface area (Å²) in [6.45, 7) is 2.91. The number of β-lactam (4-membered cyclic amide) rings is 1. The van der Waals surface area contributed by atoms with Crippen LogP contribution in [0.25, 0.3) is 0 Å². The molecule has 0 saturated carbocycles. The number of nitrogens with two attached hydrogens (primary N) is 4. The normalized spacial score (nSPS) is 23.5. The van der Waals surface area contributed by atoms with E-state index < -0.39 is 53.2 Å². The third kappa shape index (κ3) is 5.95. The van der Waals surface area contributed by atoms with E-state index in [0.29, 0.717) is 16.3 Å². The molecule has 4 atom stereocenters. The van der Waals surface area contributed by atoms with Gasteiger partial charge in [-0.1, -0.05) is 16.9 Å². The van der Waals surface area contributed by atoms with Gasteiger partial charge in [0.15, 0.2) is 16.0 Å². The summed E-state index contributed by atoms with van der Waals surface area (Å²) in [5, 5.41) is 27.5. The number of thiazole rings is 1. The molecule has 0 bridgehead atoms. The smallest absolute Gasteiger partial charge is 0.352 e. The Morgan fingerprint density at radius 3 is 2.66 bits per heavy atom. The van der Waals surface area contributed by atoms with Gasteiger partial charge in [0.25, 0.3) is 11.8 Å². The van der Waals surface area contributed by atoms with Crippen molar-refractivity contribution in [2.24, 2.45) is 27.5 Å². The van der Waals surface area contributed by atoms with Crippen LogP contribution >= 0.6 is 34.9 Å². The molecule has 1 aromatic rings. The third-order valence-corrected chi connectivity index (χ3v) is 9.19. The van der Waals surface area contributed by atoms with Crippen LogP contribution in [0.5, 0.6) is 0 Å². The zero-order valence-electron chi connectivity index (χ0n) is 21.5. The highest BCUT2D eigenvalue weighted by Crippen LogP contribution is 2.41. The van der Waals surface area contributed by atoms with Gasteiger partial charge in [-0.3, -0.25) is 19.5 Å². The number of carboxylic acid groups (broad SMARTS) is 2. The van der Waals surface area contributed by atoms with Crippen LogP contribution in [0, 0.1) is 0 Å². The number of nitrogens with one attached hydrogen (secondary N) is 1. The Balaban J connectivity index is 1.50. The lowest BCUT2D eigenvalue weighted by atomic mass is 10.0. The van der Waals surface area contributed by atoms with E-state index in [0.717, 1.165) is 28.0 Å². The number of thioether (sulfide) groups is 2. The summed E-state index contributed by atoms with van der Waals surface area (Å²) < 4.78 is 0. The lowest BCUT2D eigenvalue weighted by Gasteiger charge is -2.49. The molecule has 20 heteroatoms. The molecule has 3 aliphatic heterocycles. The minimum Gasteiger partial charge on any atom is -0.478 e. The number of fused-ring (bicyclic) bond motifs is 1. The average molecular weight is 627 g/mol. The number of hydrazine groups is 1. The summed E-state index contributed by atoms with van der Waals surface area (Å²) in [5.74, 6) is 2.42. The first kappa shape index (κ1) is 30.1. The van der Waals surface area contributed by atoms with Crippen molar-refractivity contribution in [3.63, 3.8) is 0 Å². The van der Waals surface area contributed by atoms with Crippen LogP contribution in [0.2, 0.25) is 0 Å². The molecule has 1 saturated heterocycles. The van der Waals surface area contributed by atoms with Gasteiger partial charge >= 0.3 is 11.9 Å². The minimum atomic E-state index is -1.37. The Morgan fingerprint density at radius 2 is 2.05 bits per heavy atom. The van der Waals surface area contributed by atoms with Crippen LogP contribution in [0.4, 0.5) is 5.13 Å². The van der Waals surface area contributed by atoms with Gasteiger partial charge in [-0.05, 0) is 19.4 Å². The van der Waals surface area contributed by atoms with Crippen molar-refractivity contribution in [2.75, 3.05) is 17.2 Å². The number of hydrogen-bond acceptors (Lipinski definition) is 16. The van der Waals surface area contributed by atoms with Crippen molar-refractivity contribution in [1.82, 2.24) is 20.2 Å². The topological polar surface area (TPSA) is 278 Å². The SMILES string of the molecule is CC1=C(N)N=C(SCC2=C(C(=O)O)N3C(=O)C(NC(=O)/C(=N\O[C@@H](C)C(=O)O)c4csc(N)n4)[C@@H]3SC2)N(N)C1N. The average Bonchev–Trinajstić information content (AvgIpc) is 3.36. The maximum absolute atomic E-state index is 13.1. The van der Waals surface area contributed by atoms with Gasteiger partial charge in [0.1, 0.15) is 34.8 Å². The Labute approximate surface area is 244 Å². The van der Waals surface area contributed by atoms with Gasteiger partial charge < -0.3 is 37.6 Å². The van der Waals surface area contributed by atoms with Crippen LogP contribution in [0.15, 0.2) is 38.2 Å². The first-order valence-electron chi connectivity index (χ1n) is 11.7. The molecule has 1 aromatic heterocycles. The van der Waals surface area contributed by atoms with Crippen molar-refractivity contribution in [3.8, 4) is 0 Å². The van der Waals surface area contributed by atoms with Crippen LogP contribution in [-0.2, 0) is 24.0 Å². The number of amidine groups is 1. The number of hydrogen-bond donors (Lipinski definition) is 7. The predicted octanol–water partition coefficient (Wildman–Crippen LogP) is -1.59. The lowest BCUT2D eigenvalue weighted by molar-refractivity contribution is -0.150. The summed E-state index contributed by atoms with van der Waals surface area (Å²) in [6, 6.07) is -1.10. The molecular weight excluding hydrogens is 600 g/mol. The standard InChI is InChI=1S/C21H26N10O7S3/c1-6-13(22)28-21(31(25)14(6)23)41-4-8-3-39-17-11(16(33)30(17)12(8)19(36)37)27-15(32)10(9-5-40-20(24)26-9)29-38-7(2)18(34)35/h5,7,11,14,17H,3-4,22-23,25H2,1-2H3,(H2,24,26)(H,27,32)(H,34,35)(H,36,37)/b29-10-/t7-,11?,14?,17-/m0/s1. The molecular formula is C21H26N10O7S3. The maximum Gasteiger partial charge on any atom is 0.352 e. The summed E-state index contributed by atoms with van der Waals surface area (Å²) in [6.07, 6.45) is -2.07. The Bertz CT molecular complexity index is 1420. The van der Waals surface area contributed by atoms with Gasteiger partial charge in [-0.15, -0.1) is 23.1 Å². The molecule has 0 aromatic carbocycles. The van der Waals surface area contributed by atoms with Crippen LogP contribution < -0.4 is 28.4 Å². The van der Waals surface area contributed by atoms with Gasteiger partial charge in [0.05, 0.1) is 0 Å². The van der Waals surface area contributed by atoms with E-state index in [9.17, 15) is 24.3 Å². The highest BCUT2D eigenvalue weighted by atomic mass is 32.2. The van der Waals surface area contributed by atoms with Gasteiger partial charge in [0, 0.05) is 22.5 Å². The molecule has 220 valence electrons. The number of aromatic nitrogens is 1. The fourth-order valence-electron chi connectivity index (χ4n) is 3.77. The number of nitrogen functional groups attached to an aromatic ring is 1. The summed E-state index contributed by atoms with van der Waals surface area (Å²) in [5.41, 5.74) is 18.0. The quantitative estimate of drug-likeness (QED) is 0.0704. The van der Waals surface area contributed by atoms with E-state index in [2.05, 4.69) is 20.4 Å². The summed E-state index contributed by atoms with van der Waals surface area (Å²) in [4.78, 5) is 63.7. The van der Waals surface area contributed by atoms with E-state index in [-0.39, 0.29) is 33.8 Å². The molecule has 2 amide bonds. The van der Waals surface area contributed by atoms with Crippen LogP contribution in [0.3, 0.4) is 0 Å². The Hall–Kier alpha value is -3.85. The fraction of sp³-hybridized carbons (Fsp3) is 0.381. The molecule has 0 radical (unpaired) electrons. The largest absolute Gasteiger partial charge is 0.478 e. The zero-order valence-corrected chi connectivity index (χ0v) is 24.0. The fourth-order valence-corrected chi connectivity index (χ4v) is 6.76. The zero-order chi connectivity index (χ0) is 30.2. The molecule has 2 unspecified atom stereocenters. The number of aliphatic carboxylic acids is 2. The number of rotatable bonds is 9. The molecule has 41 heavy (non-hydrogen) atoms. The van der Waals surface area contributed by atoms with E-state index in [1.807, 2.05) is 0 Å². The first-order chi connectivity index (χ1) is 19.3. The van der Waals surface area contributed by atoms with E-state index >= 15 is 0 Å². The number of anilines is 1. The molecule has 0 aliphatic carbocycles. The molecule has 3 aliphatic rings. The number of carboxylic acids is 2. The highest BCUT2D eigenvalue weighted by Gasteiger charge is 2.54. The number of oxime groups is 1. The third-order valence-electron chi connectivity index (χ3n) is 6.13. The van der Waals surface area contributed by atoms with E-state index in [1.54, 1.807) is 6.92 Å². The second kappa shape index (κ2) is 11.9. The number of nitrogens with zero attached hydrogens (tertiary/aromatic N) is 5. The van der Waals surface area contributed by atoms with Crippen molar-refractivity contribution >= 4 is 74.6 Å². The van der Waals surface area contributed by atoms with Crippen molar-refractivity contribution in [2.45, 2.75) is 37.5 Å².